The van der Waals surface area contributed by atoms with Crippen molar-refractivity contribution in [2.75, 3.05) is 0 Å². The third kappa shape index (κ3) is 6.34. The van der Waals surface area contributed by atoms with Crippen LogP contribution in [0.4, 0.5) is 35.1 Å². The minimum Gasteiger partial charge on any atom is -0.205 e. The van der Waals surface area contributed by atoms with Gasteiger partial charge in [0.05, 0.1) is 32.7 Å². The van der Waals surface area contributed by atoms with E-state index < -0.39 is 89.2 Å². The number of rotatable bonds is 14. The van der Waals surface area contributed by atoms with Gasteiger partial charge in [-0.05, 0) is 12.8 Å². The molecule has 0 bridgehead atoms. The maximum absolute atomic E-state index is 15.8. The lowest BCUT2D eigenvalue weighted by atomic mass is 9.96. The zero-order valence-corrected chi connectivity index (χ0v) is 26.7. The van der Waals surface area contributed by atoms with Crippen LogP contribution in [0.2, 0.25) is 0 Å². The number of fused-ring (bicyclic) bond motifs is 2. The molecule has 0 spiro atoms. The van der Waals surface area contributed by atoms with Crippen molar-refractivity contribution in [3.05, 3.63) is 56.6 Å². The van der Waals surface area contributed by atoms with Crippen LogP contribution in [0.25, 0.3) is 42.7 Å². The number of hydrogen-bond donors (Lipinski definition) is 0. The number of unbranched alkanes of at least 4 members (excludes halogenated alkanes) is 8. The third-order valence-corrected chi connectivity index (χ3v) is 9.87. The molecule has 246 valence electrons. The Hall–Kier alpha value is -3.26. The Morgan fingerprint density at radius 2 is 0.739 bits per heavy atom. The van der Waals surface area contributed by atoms with E-state index in [4.69, 9.17) is 0 Å². The van der Waals surface area contributed by atoms with Gasteiger partial charge in [-0.15, -0.1) is 20.4 Å². The monoisotopic (exact) mass is 686 g/mol. The van der Waals surface area contributed by atoms with Crippen molar-refractivity contribution in [1.29, 1.82) is 0 Å². The summed E-state index contributed by atoms with van der Waals surface area (Å²) in [6.07, 6.45) is 10.2. The standard InChI is InChI=1S/C32H30F8N4S2/c1-3-5-7-9-11-13-15-41-43-31(45-15)21-25(35)17-19(27(37)29(21)39)24(34)18-20(23(17)33)28(38)30(40)22(26(18)36)32-44-42-16(46-32)14-12-10-8-6-4-2/h3-14H2,1-2H3. The van der Waals surface area contributed by atoms with E-state index in [9.17, 15) is 0 Å². The molecule has 0 radical (unpaired) electrons. The van der Waals surface area contributed by atoms with E-state index in [1.54, 1.807) is 0 Å². The first-order valence-electron chi connectivity index (χ1n) is 15.2. The van der Waals surface area contributed by atoms with Crippen LogP contribution < -0.4 is 0 Å². The fraction of sp³-hybridized carbons (Fsp3) is 0.438. The molecule has 4 nitrogen and oxygen atoms in total. The van der Waals surface area contributed by atoms with Crippen molar-refractivity contribution in [3.63, 3.8) is 0 Å². The minimum atomic E-state index is -2.05. The van der Waals surface area contributed by atoms with Gasteiger partial charge in [-0.2, -0.15) is 0 Å². The summed E-state index contributed by atoms with van der Waals surface area (Å²) in [5.41, 5.74) is -2.29. The first kappa shape index (κ1) is 34.1. The Balaban J connectivity index is 1.60. The van der Waals surface area contributed by atoms with Crippen LogP contribution >= 0.6 is 22.7 Å². The summed E-state index contributed by atoms with van der Waals surface area (Å²) in [5.74, 6) is -15.5. The van der Waals surface area contributed by atoms with Crippen molar-refractivity contribution in [3.8, 4) is 21.1 Å². The molecular weight excluding hydrogens is 656 g/mol. The molecule has 2 heterocycles. The van der Waals surface area contributed by atoms with E-state index in [0.29, 0.717) is 35.7 Å². The summed E-state index contributed by atoms with van der Waals surface area (Å²) >= 11 is 1.47. The Bertz CT molecular complexity index is 1750. The van der Waals surface area contributed by atoms with Gasteiger partial charge < -0.3 is 0 Å². The lowest BCUT2D eigenvalue weighted by Gasteiger charge is -2.15. The van der Waals surface area contributed by atoms with Gasteiger partial charge in [0.25, 0.3) is 0 Å². The molecule has 2 aromatic heterocycles. The lowest BCUT2D eigenvalue weighted by molar-refractivity contribution is 0.495. The van der Waals surface area contributed by atoms with Gasteiger partial charge in [-0.25, -0.2) is 35.1 Å². The molecule has 0 atom stereocenters. The van der Waals surface area contributed by atoms with Crippen molar-refractivity contribution >= 4 is 44.2 Å². The highest BCUT2D eigenvalue weighted by molar-refractivity contribution is 7.15. The maximum atomic E-state index is 15.8. The highest BCUT2D eigenvalue weighted by Crippen LogP contribution is 2.44. The van der Waals surface area contributed by atoms with Gasteiger partial charge in [-0.1, -0.05) is 87.9 Å². The van der Waals surface area contributed by atoms with Crippen LogP contribution in [0.15, 0.2) is 0 Å². The highest BCUT2D eigenvalue weighted by atomic mass is 32.1. The topological polar surface area (TPSA) is 51.6 Å². The number of aryl methyl sites for hydroxylation is 2. The quantitative estimate of drug-likeness (QED) is 0.0505. The Morgan fingerprint density at radius 1 is 0.391 bits per heavy atom. The molecule has 0 amide bonds. The lowest BCUT2D eigenvalue weighted by Crippen LogP contribution is -2.06. The predicted octanol–water partition coefficient (Wildman–Crippen LogP) is 11.2. The summed E-state index contributed by atoms with van der Waals surface area (Å²) in [7, 11) is 0. The number of hydrogen-bond acceptors (Lipinski definition) is 6. The fourth-order valence-electron chi connectivity index (χ4n) is 5.44. The summed E-state index contributed by atoms with van der Waals surface area (Å²) in [5, 5.41) is 8.82. The van der Waals surface area contributed by atoms with Crippen LogP contribution in [0.5, 0.6) is 0 Å². The normalized spacial score (nSPS) is 11.9. The molecule has 5 aromatic rings. The summed E-state index contributed by atoms with van der Waals surface area (Å²) in [6.45, 7) is 4.12. The molecular formula is C32H30F8N4S2. The smallest absolute Gasteiger partial charge is 0.172 e. The van der Waals surface area contributed by atoms with E-state index in [1.807, 2.05) is 0 Å². The van der Waals surface area contributed by atoms with E-state index >= 15 is 35.1 Å². The van der Waals surface area contributed by atoms with Gasteiger partial charge in [0.1, 0.15) is 33.3 Å². The summed E-state index contributed by atoms with van der Waals surface area (Å²) in [4.78, 5) is 0. The van der Waals surface area contributed by atoms with Crippen molar-refractivity contribution in [1.82, 2.24) is 20.4 Å². The zero-order chi connectivity index (χ0) is 33.1. The second-order valence-corrected chi connectivity index (χ2v) is 13.2. The molecule has 0 fully saturated rings. The molecule has 14 heteroatoms. The van der Waals surface area contributed by atoms with Crippen molar-refractivity contribution < 1.29 is 35.1 Å². The number of benzene rings is 3. The molecule has 5 rings (SSSR count). The number of aromatic nitrogens is 4. The number of halogens is 8. The van der Waals surface area contributed by atoms with Crippen LogP contribution in [-0.4, -0.2) is 20.4 Å². The van der Waals surface area contributed by atoms with E-state index in [2.05, 4.69) is 34.2 Å². The molecule has 46 heavy (non-hydrogen) atoms. The van der Waals surface area contributed by atoms with Gasteiger partial charge >= 0.3 is 0 Å². The van der Waals surface area contributed by atoms with Gasteiger partial charge in [-0.3, -0.25) is 0 Å². The average molecular weight is 687 g/mol. The second kappa shape index (κ2) is 14.7. The Labute approximate surface area is 267 Å². The first-order chi connectivity index (χ1) is 22.1. The summed E-state index contributed by atoms with van der Waals surface area (Å²) in [6, 6.07) is 0. The zero-order valence-electron chi connectivity index (χ0n) is 25.1. The molecule has 0 aliphatic rings. The van der Waals surface area contributed by atoms with Crippen molar-refractivity contribution in [2.24, 2.45) is 0 Å². The molecule has 0 N–H and O–H groups in total. The largest absolute Gasteiger partial charge is 0.205 e. The summed E-state index contributed by atoms with van der Waals surface area (Å²) < 4.78 is 125. The molecule has 0 aliphatic carbocycles. The van der Waals surface area contributed by atoms with Crippen molar-refractivity contribution in [2.45, 2.75) is 90.9 Å². The molecule has 0 aliphatic heterocycles. The van der Waals surface area contributed by atoms with Crippen LogP contribution in [0.3, 0.4) is 0 Å². The van der Waals surface area contributed by atoms with Crippen LogP contribution in [0, 0.1) is 46.5 Å². The molecule has 3 aromatic carbocycles. The molecule has 0 saturated heterocycles. The van der Waals surface area contributed by atoms with Gasteiger partial charge in [0, 0.05) is 12.8 Å². The SMILES string of the molecule is CCCCCCCc1nnc(-c2c(F)c(F)c3c(F)c4c(F)c(-c5nnc(CCCCCCC)s5)c(F)c(F)c4c(F)c3c2F)s1. The van der Waals surface area contributed by atoms with Crippen LogP contribution in [-0.2, 0) is 12.8 Å². The fourth-order valence-corrected chi connectivity index (χ4v) is 7.27. The average Bonchev–Trinajstić information content (AvgIpc) is 3.69. The highest BCUT2D eigenvalue weighted by Gasteiger charge is 2.34. The predicted molar refractivity (Wildman–Crippen MR) is 164 cm³/mol. The van der Waals surface area contributed by atoms with E-state index in [-0.39, 0.29) is 0 Å². The van der Waals surface area contributed by atoms with E-state index in [1.165, 1.54) is 0 Å². The molecule has 0 unspecified atom stereocenters. The number of nitrogens with zero attached hydrogens (tertiary/aromatic N) is 4. The van der Waals surface area contributed by atoms with Gasteiger partial charge in [0.2, 0.25) is 0 Å². The third-order valence-electron chi connectivity index (χ3n) is 7.87. The minimum absolute atomic E-state index is 0.384. The van der Waals surface area contributed by atoms with Crippen LogP contribution in [0.1, 0.15) is 88.1 Å². The first-order valence-corrected chi connectivity index (χ1v) is 16.9. The Morgan fingerprint density at radius 3 is 1.11 bits per heavy atom. The molecule has 0 saturated carbocycles. The Kier molecular flexibility index (Phi) is 10.9. The maximum Gasteiger partial charge on any atom is 0.172 e. The van der Waals surface area contributed by atoms with Gasteiger partial charge in [0.15, 0.2) is 33.3 Å². The van der Waals surface area contributed by atoms with E-state index in [0.717, 1.165) is 74.0 Å². The second-order valence-electron chi connectivity index (χ2n) is 11.1.